The van der Waals surface area contributed by atoms with Crippen LogP contribution >= 0.6 is 22.6 Å². The highest BCUT2D eigenvalue weighted by atomic mass is 127. The molecule has 1 nitrogen and oxygen atoms in total. The van der Waals surface area contributed by atoms with E-state index in [0.717, 1.165) is 12.8 Å². The zero-order valence-corrected chi connectivity index (χ0v) is 7.76. The molecule has 2 atom stereocenters. The highest BCUT2D eigenvalue weighted by Crippen LogP contribution is 2.22. The molecule has 1 aliphatic rings. The van der Waals surface area contributed by atoms with Crippen molar-refractivity contribution >= 4 is 22.6 Å². The SMILES string of the molecule is CC1=CCC(I)C(N)C1. The molecule has 0 heterocycles. The monoisotopic (exact) mass is 237 g/mol. The first-order valence-electron chi connectivity index (χ1n) is 3.25. The summed E-state index contributed by atoms with van der Waals surface area (Å²) >= 11 is 2.42. The standard InChI is InChI=1S/C7H12IN/c1-5-2-3-6(8)7(9)4-5/h2,6-7H,3-4,9H2,1H3. The van der Waals surface area contributed by atoms with E-state index in [1.54, 1.807) is 0 Å². The Labute approximate surface area is 69.8 Å². The van der Waals surface area contributed by atoms with Crippen LogP contribution in [0.4, 0.5) is 0 Å². The maximum Gasteiger partial charge on any atom is 0.0299 e. The minimum atomic E-state index is 0.399. The lowest BCUT2D eigenvalue weighted by Crippen LogP contribution is -2.32. The van der Waals surface area contributed by atoms with Crippen LogP contribution in [0, 0.1) is 0 Å². The van der Waals surface area contributed by atoms with Gasteiger partial charge in [-0.25, -0.2) is 0 Å². The average Bonchev–Trinajstić information content (AvgIpc) is 1.80. The second-order valence-electron chi connectivity index (χ2n) is 2.67. The number of nitrogens with two attached hydrogens (primary N) is 1. The second kappa shape index (κ2) is 3.01. The van der Waals surface area contributed by atoms with E-state index in [2.05, 4.69) is 35.6 Å². The Morgan fingerprint density at radius 2 is 2.44 bits per heavy atom. The van der Waals surface area contributed by atoms with E-state index in [-0.39, 0.29) is 0 Å². The van der Waals surface area contributed by atoms with Crippen molar-refractivity contribution in [2.45, 2.75) is 29.7 Å². The molecule has 0 fully saturated rings. The molecule has 1 aliphatic carbocycles. The third-order valence-electron chi connectivity index (χ3n) is 1.71. The molecule has 0 amide bonds. The van der Waals surface area contributed by atoms with E-state index in [0.29, 0.717) is 9.97 Å². The maximum atomic E-state index is 5.82. The van der Waals surface area contributed by atoms with Gasteiger partial charge in [-0.1, -0.05) is 34.2 Å². The van der Waals surface area contributed by atoms with Gasteiger partial charge in [-0.3, -0.25) is 0 Å². The number of hydrogen-bond donors (Lipinski definition) is 1. The second-order valence-corrected chi connectivity index (χ2v) is 4.27. The number of hydrogen-bond acceptors (Lipinski definition) is 1. The van der Waals surface area contributed by atoms with Crippen LogP contribution in [0.2, 0.25) is 0 Å². The van der Waals surface area contributed by atoms with Crippen molar-refractivity contribution in [3.63, 3.8) is 0 Å². The first-order chi connectivity index (χ1) is 4.20. The fourth-order valence-corrected chi connectivity index (χ4v) is 1.58. The topological polar surface area (TPSA) is 26.0 Å². The highest BCUT2D eigenvalue weighted by Gasteiger charge is 2.17. The van der Waals surface area contributed by atoms with Crippen LogP contribution < -0.4 is 5.73 Å². The smallest absolute Gasteiger partial charge is 0.0299 e. The molecule has 0 aromatic rings. The molecular formula is C7H12IN. The normalized spacial score (nSPS) is 36.1. The molecule has 9 heavy (non-hydrogen) atoms. The van der Waals surface area contributed by atoms with Gasteiger partial charge in [-0.15, -0.1) is 0 Å². The van der Waals surface area contributed by atoms with Gasteiger partial charge >= 0.3 is 0 Å². The summed E-state index contributed by atoms with van der Waals surface area (Å²) in [6.07, 6.45) is 4.54. The lowest BCUT2D eigenvalue weighted by molar-refractivity contribution is 0.618. The van der Waals surface area contributed by atoms with Crippen molar-refractivity contribution in [3.05, 3.63) is 11.6 Å². The van der Waals surface area contributed by atoms with Crippen molar-refractivity contribution in [3.8, 4) is 0 Å². The van der Waals surface area contributed by atoms with Crippen LogP contribution in [-0.2, 0) is 0 Å². The van der Waals surface area contributed by atoms with E-state index in [4.69, 9.17) is 5.73 Å². The highest BCUT2D eigenvalue weighted by molar-refractivity contribution is 14.1. The summed E-state index contributed by atoms with van der Waals surface area (Å²) in [5.41, 5.74) is 7.27. The fraction of sp³-hybridized carbons (Fsp3) is 0.714. The average molecular weight is 237 g/mol. The molecule has 0 radical (unpaired) electrons. The van der Waals surface area contributed by atoms with Gasteiger partial charge in [0.25, 0.3) is 0 Å². The van der Waals surface area contributed by atoms with E-state index in [1.165, 1.54) is 5.57 Å². The molecular weight excluding hydrogens is 225 g/mol. The van der Waals surface area contributed by atoms with Crippen molar-refractivity contribution in [1.29, 1.82) is 0 Å². The molecule has 2 heteroatoms. The third-order valence-corrected chi connectivity index (χ3v) is 3.15. The molecule has 52 valence electrons. The number of alkyl halides is 1. The summed E-state index contributed by atoms with van der Waals surface area (Å²) in [5.74, 6) is 0. The quantitative estimate of drug-likeness (QED) is 0.388. The van der Waals surface area contributed by atoms with Gasteiger partial charge < -0.3 is 5.73 Å². The van der Waals surface area contributed by atoms with Crippen molar-refractivity contribution in [1.82, 2.24) is 0 Å². The van der Waals surface area contributed by atoms with Crippen LogP contribution in [-0.4, -0.2) is 9.97 Å². The zero-order chi connectivity index (χ0) is 6.85. The lowest BCUT2D eigenvalue weighted by atomic mass is 9.97. The summed E-state index contributed by atoms with van der Waals surface area (Å²) in [4.78, 5) is 0. The van der Waals surface area contributed by atoms with Gasteiger partial charge in [-0.2, -0.15) is 0 Å². The summed E-state index contributed by atoms with van der Waals surface area (Å²) in [6.45, 7) is 2.16. The molecule has 1 rings (SSSR count). The fourth-order valence-electron chi connectivity index (χ4n) is 1.07. The Morgan fingerprint density at radius 3 is 2.89 bits per heavy atom. The van der Waals surface area contributed by atoms with Gasteiger partial charge in [0.2, 0.25) is 0 Å². The number of allylic oxidation sites excluding steroid dienone is 1. The molecule has 0 saturated carbocycles. The Balaban J connectivity index is 2.54. The van der Waals surface area contributed by atoms with Gasteiger partial charge in [0, 0.05) is 9.97 Å². The molecule has 0 saturated heterocycles. The van der Waals surface area contributed by atoms with Gasteiger partial charge in [0.15, 0.2) is 0 Å². The van der Waals surface area contributed by atoms with Crippen molar-refractivity contribution in [2.24, 2.45) is 5.73 Å². The summed E-state index contributed by atoms with van der Waals surface area (Å²) in [6, 6.07) is 0.399. The Hall–Kier alpha value is 0.430. The van der Waals surface area contributed by atoms with Gasteiger partial charge in [0.05, 0.1) is 0 Å². The van der Waals surface area contributed by atoms with Crippen LogP contribution in [0.25, 0.3) is 0 Å². The molecule has 0 aromatic carbocycles. The summed E-state index contributed by atoms with van der Waals surface area (Å²) < 4.78 is 0.659. The van der Waals surface area contributed by atoms with Crippen LogP contribution in [0.1, 0.15) is 19.8 Å². The van der Waals surface area contributed by atoms with Gasteiger partial charge in [0.1, 0.15) is 0 Å². The summed E-state index contributed by atoms with van der Waals surface area (Å²) in [7, 11) is 0. The minimum Gasteiger partial charge on any atom is -0.326 e. The molecule has 0 spiro atoms. The number of rotatable bonds is 0. The first kappa shape index (κ1) is 7.54. The van der Waals surface area contributed by atoms with E-state index >= 15 is 0 Å². The molecule has 0 aliphatic heterocycles. The largest absolute Gasteiger partial charge is 0.326 e. The van der Waals surface area contributed by atoms with Crippen molar-refractivity contribution < 1.29 is 0 Å². The Bertz CT molecular complexity index is 131. The van der Waals surface area contributed by atoms with E-state index < -0.39 is 0 Å². The van der Waals surface area contributed by atoms with Crippen LogP contribution in [0.15, 0.2) is 11.6 Å². The minimum absolute atomic E-state index is 0.399. The number of halogens is 1. The Morgan fingerprint density at radius 1 is 1.78 bits per heavy atom. The zero-order valence-electron chi connectivity index (χ0n) is 5.60. The maximum absolute atomic E-state index is 5.82. The van der Waals surface area contributed by atoms with Crippen LogP contribution in [0.5, 0.6) is 0 Å². The predicted molar refractivity (Wildman–Crippen MR) is 48.8 cm³/mol. The predicted octanol–water partition coefficient (Wildman–Crippen LogP) is 1.86. The van der Waals surface area contributed by atoms with E-state index in [1.807, 2.05) is 0 Å². The molecule has 2 unspecified atom stereocenters. The van der Waals surface area contributed by atoms with Crippen molar-refractivity contribution in [2.75, 3.05) is 0 Å². The third kappa shape index (κ3) is 1.93. The Kier molecular flexibility index (Phi) is 2.52. The summed E-state index contributed by atoms with van der Waals surface area (Å²) in [5, 5.41) is 0. The molecule has 0 bridgehead atoms. The first-order valence-corrected chi connectivity index (χ1v) is 4.50. The van der Waals surface area contributed by atoms with E-state index in [9.17, 15) is 0 Å². The van der Waals surface area contributed by atoms with Gasteiger partial charge in [-0.05, 0) is 19.8 Å². The molecule has 2 N–H and O–H groups in total. The molecule has 0 aromatic heterocycles. The van der Waals surface area contributed by atoms with Crippen LogP contribution in [0.3, 0.4) is 0 Å². The lowest BCUT2D eigenvalue weighted by Gasteiger charge is -2.22.